The zero-order chi connectivity index (χ0) is 12.7. The molecule has 0 aromatic carbocycles. The largest absolute Gasteiger partial charge is 0.469 e. The predicted molar refractivity (Wildman–Crippen MR) is 62.5 cm³/mol. The van der Waals surface area contributed by atoms with Crippen molar-refractivity contribution in [3.05, 3.63) is 0 Å². The Morgan fingerprint density at radius 1 is 1.24 bits per heavy atom. The Balaban J connectivity index is 2.25. The molecule has 1 N–H and O–H groups in total. The van der Waals surface area contributed by atoms with E-state index in [1.807, 2.05) is 0 Å². The van der Waals surface area contributed by atoms with Gasteiger partial charge in [-0.3, -0.25) is 4.79 Å². The molecular weight excluding hydrogens is 220 g/mol. The van der Waals surface area contributed by atoms with E-state index in [0.717, 1.165) is 0 Å². The van der Waals surface area contributed by atoms with Crippen LogP contribution < -0.4 is 0 Å². The van der Waals surface area contributed by atoms with E-state index in [1.165, 1.54) is 7.11 Å². The number of aliphatic hydroxyl groups is 1. The second-order valence-electron chi connectivity index (χ2n) is 6.24. The Labute approximate surface area is 102 Å². The quantitative estimate of drug-likeness (QED) is 0.746. The van der Waals surface area contributed by atoms with Gasteiger partial charge in [0.1, 0.15) is 0 Å². The van der Waals surface area contributed by atoms with Gasteiger partial charge in [0.15, 0.2) is 0 Å². The van der Waals surface area contributed by atoms with Gasteiger partial charge in [0.2, 0.25) is 0 Å². The van der Waals surface area contributed by atoms with Crippen molar-refractivity contribution in [2.75, 3.05) is 20.3 Å². The lowest BCUT2D eigenvalue weighted by Crippen LogP contribution is -2.64. The summed E-state index contributed by atoms with van der Waals surface area (Å²) in [5, 5.41) is 10.8. The van der Waals surface area contributed by atoms with Crippen molar-refractivity contribution < 1.29 is 19.4 Å². The average molecular weight is 242 g/mol. The van der Waals surface area contributed by atoms with Crippen molar-refractivity contribution in [2.24, 2.45) is 10.8 Å². The van der Waals surface area contributed by atoms with E-state index in [9.17, 15) is 9.90 Å². The third-order valence-corrected chi connectivity index (χ3v) is 4.35. The third kappa shape index (κ3) is 1.87. The van der Waals surface area contributed by atoms with Crippen LogP contribution in [0.3, 0.4) is 0 Å². The van der Waals surface area contributed by atoms with Gasteiger partial charge in [0, 0.05) is 26.1 Å². The number of carbonyl (C=O) groups is 1. The highest BCUT2D eigenvalue weighted by Crippen LogP contribution is 2.62. The Kier molecular flexibility index (Phi) is 2.99. The third-order valence-electron chi connectivity index (χ3n) is 4.35. The molecule has 1 aliphatic heterocycles. The van der Waals surface area contributed by atoms with Crippen LogP contribution in [0.5, 0.6) is 0 Å². The van der Waals surface area contributed by atoms with Crippen LogP contribution in [0, 0.1) is 10.8 Å². The van der Waals surface area contributed by atoms with Crippen LogP contribution in [0.1, 0.15) is 39.5 Å². The SMILES string of the molecule is COC(=O)C1(C2(O)CCOCC2)CC(C)(C)C1. The topological polar surface area (TPSA) is 55.8 Å². The molecule has 4 nitrogen and oxygen atoms in total. The van der Waals surface area contributed by atoms with Crippen molar-refractivity contribution in [1.82, 2.24) is 0 Å². The van der Waals surface area contributed by atoms with E-state index >= 15 is 0 Å². The van der Waals surface area contributed by atoms with Gasteiger partial charge in [0.05, 0.1) is 18.1 Å². The molecule has 0 aromatic rings. The maximum absolute atomic E-state index is 12.1. The normalized spacial score (nSPS) is 29.2. The Morgan fingerprint density at radius 3 is 2.18 bits per heavy atom. The number of rotatable bonds is 2. The molecule has 0 amide bonds. The summed E-state index contributed by atoms with van der Waals surface area (Å²) in [6, 6.07) is 0. The maximum Gasteiger partial charge on any atom is 0.314 e. The monoisotopic (exact) mass is 242 g/mol. The van der Waals surface area contributed by atoms with Crippen LogP contribution in [0.2, 0.25) is 0 Å². The molecule has 2 aliphatic rings. The second-order valence-corrected chi connectivity index (χ2v) is 6.24. The minimum Gasteiger partial charge on any atom is -0.469 e. The van der Waals surface area contributed by atoms with Crippen molar-refractivity contribution in [3.63, 3.8) is 0 Å². The van der Waals surface area contributed by atoms with E-state index < -0.39 is 11.0 Å². The smallest absolute Gasteiger partial charge is 0.314 e. The fourth-order valence-electron chi connectivity index (χ4n) is 3.63. The highest BCUT2D eigenvalue weighted by atomic mass is 16.5. The summed E-state index contributed by atoms with van der Waals surface area (Å²) in [6.07, 6.45) is 2.45. The number of hydrogen-bond acceptors (Lipinski definition) is 4. The van der Waals surface area contributed by atoms with E-state index in [4.69, 9.17) is 9.47 Å². The number of hydrogen-bond donors (Lipinski definition) is 1. The minimum absolute atomic E-state index is 0.113. The first-order valence-electron chi connectivity index (χ1n) is 6.24. The molecule has 0 unspecified atom stereocenters. The number of carbonyl (C=O) groups excluding carboxylic acids is 1. The van der Waals surface area contributed by atoms with Crippen LogP contribution in [0.4, 0.5) is 0 Å². The zero-order valence-corrected chi connectivity index (χ0v) is 10.9. The van der Waals surface area contributed by atoms with Crippen LogP contribution in [-0.2, 0) is 14.3 Å². The van der Waals surface area contributed by atoms with Gasteiger partial charge in [-0.1, -0.05) is 13.8 Å². The summed E-state index contributed by atoms with van der Waals surface area (Å²) in [5.41, 5.74) is -1.55. The second kappa shape index (κ2) is 3.95. The lowest BCUT2D eigenvalue weighted by Gasteiger charge is -2.59. The standard InChI is InChI=1S/C13H22O4/c1-11(2)8-12(9-11,10(14)16-3)13(15)4-6-17-7-5-13/h15H,4-9H2,1-3H3. The first-order valence-corrected chi connectivity index (χ1v) is 6.24. The summed E-state index contributed by atoms with van der Waals surface area (Å²) >= 11 is 0. The van der Waals surface area contributed by atoms with E-state index in [-0.39, 0.29) is 11.4 Å². The molecule has 4 heteroatoms. The molecule has 0 radical (unpaired) electrons. The maximum atomic E-state index is 12.1. The summed E-state index contributed by atoms with van der Waals surface area (Å²) < 4.78 is 10.2. The molecule has 0 spiro atoms. The minimum atomic E-state index is -0.951. The van der Waals surface area contributed by atoms with Crippen molar-refractivity contribution in [1.29, 1.82) is 0 Å². The molecule has 2 fully saturated rings. The molecule has 1 saturated heterocycles. The zero-order valence-electron chi connectivity index (χ0n) is 10.9. The van der Waals surface area contributed by atoms with E-state index in [0.29, 0.717) is 38.9 Å². The van der Waals surface area contributed by atoms with Crippen LogP contribution in [-0.4, -0.2) is 37.0 Å². The summed E-state index contributed by atoms with van der Waals surface area (Å²) in [4.78, 5) is 12.1. The Morgan fingerprint density at radius 2 is 1.76 bits per heavy atom. The predicted octanol–water partition coefficient (Wildman–Crippen LogP) is 1.51. The van der Waals surface area contributed by atoms with Gasteiger partial charge in [-0.25, -0.2) is 0 Å². The van der Waals surface area contributed by atoms with Crippen LogP contribution in [0.25, 0.3) is 0 Å². The van der Waals surface area contributed by atoms with Crippen LogP contribution >= 0.6 is 0 Å². The van der Waals surface area contributed by atoms with E-state index in [2.05, 4.69) is 13.8 Å². The van der Waals surface area contributed by atoms with Gasteiger partial charge in [0.25, 0.3) is 0 Å². The average Bonchev–Trinajstić information content (AvgIpc) is 2.25. The number of ether oxygens (including phenoxy) is 2. The molecule has 98 valence electrons. The fraction of sp³-hybridized carbons (Fsp3) is 0.923. The van der Waals surface area contributed by atoms with Crippen LogP contribution in [0.15, 0.2) is 0 Å². The molecule has 0 aromatic heterocycles. The lowest BCUT2D eigenvalue weighted by atomic mass is 9.47. The van der Waals surface area contributed by atoms with Gasteiger partial charge in [-0.2, -0.15) is 0 Å². The summed E-state index contributed by atoms with van der Waals surface area (Å²) in [6.45, 7) is 5.29. The Bertz CT molecular complexity index is 307. The Hall–Kier alpha value is -0.610. The summed E-state index contributed by atoms with van der Waals surface area (Å²) in [5.74, 6) is -0.263. The molecule has 17 heavy (non-hydrogen) atoms. The van der Waals surface area contributed by atoms with Gasteiger partial charge in [-0.15, -0.1) is 0 Å². The van der Waals surface area contributed by atoms with Crippen molar-refractivity contribution >= 4 is 5.97 Å². The molecule has 1 heterocycles. The van der Waals surface area contributed by atoms with Crippen molar-refractivity contribution in [3.8, 4) is 0 Å². The highest BCUT2D eigenvalue weighted by molar-refractivity contribution is 5.80. The number of methoxy groups -OCH3 is 1. The van der Waals surface area contributed by atoms with Gasteiger partial charge >= 0.3 is 5.97 Å². The number of esters is 1. The molecule has 2 rings (SSSR count). The first kappa shape index (κ1) is 12.8. The first-order chi connectivity index (χ1) is 7.85. The van der Waals surface area contributed by atoms with Crippen molar-refractivity contribution in [2.45, 2.75) is 45.1 Å². The molecule has 0 atom stereocenters. The van der Waals surface area contributed by atoms with Gasteiger partial charge in [-0.05, 0) is 18.3 Å². The fourth-order valence-corrected chi connectivity index (χ4v) is 3.63. The molecular formula is C13H22O4. The van der Waals surface area contributed by atoms with E-state index in [1.54, 1.807) is 0 Å². The highest BCUT2D eigenvalue weighted by Gasteiger charge is 2.65. The molecule has 1 aliphatic carbocycles. The summed E-state index contributed by atoms with van der Waals surface area (Å²) in [7, 11) is 1.40. The molecule has 0 bridgehead atoms. The lowest BCUT2D eigenvalue weighted by molar-refractivity contribution is -0.225. The van der Waals surface area contributed by atoms with Gasteiger partial charge < -0.3 is 14.6 Å². The molecule has 1 saturated carbocycles.